The van der Waals surface area contributed by atoms with E-state index < -0.39 is 23.0 Å². The first-order chi connectivity index (χ1) is 25.0. The van der Waals surface area contributed by atoms with Gasteiger partial charge < -0.3 is 48.5 Å². The third kappa shape index (κ3) is 18.0. The molecule has 0 aliphatic heterocycles. The number of hydrogen-bond donors (Lipinski definition) is 2. The monoisotopic (exact) mass is 734 g/mol. The molecule has 12 nitrogen and oxygen atoms in total. The summed E-state index contributed by atoms with van der Waals surface area (Å²) in [5.41, 5.74) is -1.87. The predicted octanol–water partition coefficient (Wildman–Crippen LogP) is 6.07. The maximum atomic E-state index is 13.2. The Kier molecular flexibility index (Phi) is 23.8. The van der Waals surface area contributed by atoms with Gasteiger partial charge in [-0.1, -0.05) is 57.2 Å². The van der Waals surface area contributed by atoms with Crippen LogP contribution in [0.5, 0.6) is 0 Å². The number of carbonyl (C=O) groups is 2. The minimum absolute atomic E-state index is 0.000330. The Balaban J connectivity index is 2.94. The van der Waals surface area contributed by atoms with Gasteiger partial charge in [-0.05, 0) is 30.1 Å². The first-order valence-corrected chi connectivity index (χ1v) is 17.9. The van der Waals surface area contributed by atoms with E-state index in [1.165, 1.54) is 0 Å². The van der Waals surface area contributed by atoms with Gasteiger partial charge in [0.25, 0.3) is 0 Å². The van der Waals surface area contributed by atoms with Crippen LogP contribution in [0.1, 0.15) is 33.6 Å². The van der Waals surface area contributed by atoms with Crippen LogP contribution in [-0.4, -0.2) is 117 Å². The summed E-state index contributed by atoms with van der Waals surface area (Å²) >= 11 is 0. The van der Waals surface area contributed by atoms with E-state index in [0.717, 1.165) is 6.42 Å². The van der Waals surface area contributed by atoms with Crippen molar-refractivity contribution >= 4 is 12.2 Å². The van der Waals surface area contributed by atoms with E-state index in [2.05, 4.69) is 70.9 Å². The molecule has 0 radical (unpaired) electrons. The maximum Gasteiger partial charge on any atom is 0.407 e. The average molecular weight is 735 g/mol. The van der Waals surface area contributed by atoms with E-state index in [4.69, 9.17) is 37.9 Å². The SMILES string of the molecule is C=CCOCC(COCC=C)(COCC=C)COC(=O)NCC1(C)CC(NC(=O)OCC(COCC=C)(COCC=C)COCC=C)CC(C)C1C. The van der Waals surface area contributed by atoms with Crippen molar-refractivity contribution in [2.75, 3.05) is 99.0 Å². The van der Waals surface area contributed by atoms with Gasteiger partial charge >= 0.3 is 12.2 Å². The number of amides is 2. The van der Waals surface area contributed by atoms with Crippen molar-refractivity contribution in [3.8, 4) is 0 Å². The van der Waals surface area contributed by atoms with E-state index in [1.54, 1.807) is 36.5 Å². The summed E-state index contributed by atoms with van der Waals surface area (Å²) in [5, 5.41) is 6.04. The highest BCUT2D eigenvalue weighted by Crippen LogP contribution is 2.43. The smallest absolute Gasteiger partial charge is 0.407 e. The van der Waals surface area contributed by atoms with Crippen molar-refractivity contribution in [1.82, 2.24) is 10.6 Å². The van der Waals surface area contributed by atoms with Gasteiger partial charge in [-0.15, -0.1) is 39.5 Å². The van der Waals surface area contributed by atoms with Crippen LogP contribution in [0.4, 0.5) is 9.59 Å². The second-order valence-electron chi connectivity index (χ2n) is 14.0. The molecule has 0 saturated heterocycles. The molecule has 0 aromatic carbocycles. The minimum Gasteiger partial charge on any atom is -0.449 e. The molecule has 4 unspecified atom stereocenters. The Morgan fingerprint density at radius 2 is 0.962 bits per heavy atom. The topological polar surface area (TPSA) is 132 Å². The molecule has 0 aromatic heterocycles. The molecule has 0 aromatic rings. The summed E-state index contributed by atoms with van der Waals surface area (Å²) in [6.07, 6.45) is 10.2. The Labute approximate surface area is 312 Å². The molecule has 0 heterocycles. The zero-order valence-corrected chi connectivity index (χ0v) is 32.0. The lowest BCUT2D eigenvalue weighted by Gasteiger charge is -2.47. The first kappa shape index (κ1) is 46.8. The van der Waals surface area contributed by atoms with Gasteiger partial charge in [0.2, 0.25) is 0 Å². The fourth-order valence-electron chi connectivity index (χ4n) is 6.14. The van der Waals surface area contributed by atoms with Crippen LogP contribution in [0.15, 0.2) is 75.9 Å². The standard InChI is InChI=1S/C40H66N2O10/c1-10-16-45-25-39(26-46-17-11-2,27-47-18-12-3)31-51-36(43)41-24-38(9)23-35(22-33(7)34(38)8)42-37(44)52-32-40(28-48-19-13-4,29-49-20-14-5)30-50-21-15-6/h10-15,33-35H,1-6,16-32H2,7-9H3,(H,41,43)(H,42,44). The van der Waals surface area contributed by atoms with Gasteiger partial charge in [0, 0.05) is 12.6 Å². The molecule has 0 spiro atoms. The zero-order valence-electron chi connectivity index (χ0n) is 32.0. The van der Waals surface area contributed by atoms with E-state index in [-0.39, 0.29) is 76.1 Å². The molecule has 2 amide bonds. The zero-order chi connectivity index (χ0) is 38.7. The maximum absolute atomic E-state index is 13.2. The number of nitrogens with one attached hydrogen (secondary N) is 2. The van der Waals surface area contributed by atoms with Crippen LogP contribution in [-0.2, 0) is 37.9 Å². The molecule has 1 aliphatic carbocycles. The van der Waals surface area contributed by atoms with Crippen LogP contribution in [0.3, 0.4) is 0 Å². The molecular formula is C40H66N2O10. The fourth-order valence-corrected chi connectivity index (χ4v) is 6.14. The van der Waals surface area contributed by atoms with Crippen LogP contribution < -0.4 is 10.6 Å². The Morgan fingerprint density at radius 3 is 1.31 bits per heavy atom. The van der Waals surface area contributed by atoms with Crippen LogP contribution in [0.2, 0.25) is 0 Å². The van der Waals surface area contributed by atoms with Gasteiger partial charge in [-0.2, -0.15) is 0 Å². The van der Waals surface area contributed by atoms with Crippen molar-refractivity contribution in [3.05, 3.63) is 75.9 Å². The first-order valence-electron chi connectivity index (χ1n) is 17.9. The third-order valence-corrected chi connectivity index (χ3v) is 9.16. The molecular weight excluding hydrogens is 668 g/mol. The number of rotatable bonds is 31. The molecule has 0 bridgehead atoms. The van der Waals surface area contributed by atoms with E-state index in [9.17, 15) is 9.59 Å². The fraction of sp³-hybridized carbons (Fsp3) is 0.650. The Morgan fingerprint density at radius 1 is 0.615 bits per heavy atom. The molecule has 1 aliphatic rings. The largest absolute Gasteiger partial charge is 0.449 e. The predicted molar refractivity (Wildman–Crippen MR) is 204 cm³/mol. The van der Waals surface area contributed by atoms with E-state index in [1.807, 2.05) is 0 Å². The van der Waals surface area contributed by atoms with Crippen molar-refractivity contribution in [2.24, 2.45) is 28.1 Å². The van der Waals surface area contributed by atoms with Crippen molar-refractivity contribution in [2.45, 2.75) is 39.7 Å². The lowest BCUT2D eigenvalue weighted by molar-refractivity contribution is -0.0850. The van der Waals surface area contributed by atoms with Crippen LogP contribution in [0.25, 0.3) is 0 Å². The molecule has 296 valence electrons. The highest BCUT2D eigenvalue weighted by molar-refractivity contribution is 5.68. The minimum atomic E-state index is -0.761. The van der Waals surface area contributed by atoms with Gasteiger partial charge in [0.15, 0.2) is 0 Å². The molecule has 1 saturated carbocycles. The van der Waals surface area contributed by atoms with Crippen molar-refractivity contribution in [3.63, 3.8) is 0 Å². The Bertz CT molecular complexity index is 1030. The molecule has 4 atom stereocenters. The number of hydrogen-bond acceptors (Lipinski definition) is 10. The van der Waals surface area contributed by atoms with Crippen molar-refractivity contribution < 1.29 is 47.5 Å². The Hall–Kier alpha value is -3.26. The quantitative estimate of drug-likeness (QED) is 0.0640. The number of carbonyl (C=O) groups excluding carboxylic acids is 2. The van der Waals surface area contributed by atoms with Gasteiger partial charge in [-0.25, -0.2) is 9.59 Å². The van der Waals surface area contributed by atoms with Gasteiger partial charge in [0.1, 0.15) is 13.2 Å². The van der Waals surface area contributed by atoms with Gasteiger partial charge in [-0.3, -0.25) is 0 Å². The van der Waals surface area contributed by atoms with Crippen molar-refractivity contribution in [1.29, 1.82) is 0 Å². The summed E-state index contributed by atoms with van der Waals surface area (Å²) < 4.78 is 46.2. The summed E-state index contributed by atoms with van der Waals surface area (Å²) in [6.45, 7) is 32.4. The lowest BCUT2D eigenvalue weighted by Crippen LogP contribution is -2.52. The second-order valence-corrected chi connectivity index (χ2v) is 14.0. The number of alkyl carbamates (subject to hydrolysis) is 2. The average Bonchev–Trinajstić information content (AvgIpc) is 3.12. The highest BCUT2D eigenvalue weighted by atomic mass is 16.6. The highest BCUT2D eigenvalue weighted by Gasteiger charge is 2.43. The number of ether oxygens (including phenoxy) is 8. The summed E-state index contributed by atoms with van der Waals surface area (Å²) in [7, 11) is 0. The third-order valence-electron chi connectivity index (χ3n) is 9.16. The summed E-state index contributed by atoms with van der Waals surface area (Å²) in [4.78, 5) is 26.4. The molecule has 12 heteroatoms. The molecule has 52 heavy (non-hydrogen) atoms. The van der Waals surface area contributed by atoms with Crippen LogP contribution >= 0.6 is 0 Å². The second kappa shape index (κ2) is 26.5. The summed E-state index contributed by atoms with van der Waals surface area (Å²) in [5.74, 6) is 0.498. The normalized spacial score (nSPS) is 20.2. The van der Waals surface area contributed by atoms with Crippen LogP contribution in [0, 0.1) is 28.1 Å². The van der Waals surface area contributed by atoms with E-state index in [0.29, 0.717) is 52.6 Å². The summed E-state index contributed by atoms with van der Waals surface area (Å²) in [6, 6.07) is -0.180. The molecule has 1 fully saturated rings. The lowest BCUT2D eigenvalue weighted by atomic mass is 9.62. The molecule has 1 rings (SSSR count). The van der Waals surface area contributed by atoms with Gasteiger partial charge in [0.05, 0.1) is 90.1 Å². The molecule has 2 N–H and O–H groups in total. The van der Waals surface area contributed by atoms with E-state index >= 15 is 0 Å².